The van der Waals surface area contributed by atoms with Gasteiger partial charge in [0.1, 0.15) is 0 Å². The van der Waals surface area contributed by atoms with Crippen LogP contribution in [0.25, 0.3) is 0 Å². The summed E-state index contributed by atoms with van der Waals surface area (Å²) in [5.41, 5.74) is 1.11. The third-order valence-corrected chi connectivity index (χ3v) is 5.20. The molecule has 4 rings (SSSR count). The van der Waals surface area contributed by atoms with E-state index in [4.69, 9.17) is 9.47 Å². The monoisotopic (exact) mass is 447 g/mol. The number of imide groups is 1. The number of benzene rings is 3. The van der Waals surface area contributed by atoms with Crippen LogP contribution in [0.2, 0.25) is 0 Å². The van der Waals surface area contributed by atoms with Gasteiger partial charge in [0.15, 0.2) is 24.0 Å². The van der Waals surface area contributed by atoms with Crippen LogP contribution < -0.4 is 4.74 Å². The average Bonchev–Trinajstić information content (AvgIpc) is 3.07. The second-order valence-electron chi connectivity index (χ2n) is 7.29. The molecule has 0 spiro atoms. The number of hydrogen-bond acceptors (Lipinski definition) is 6. The molecule has 0 bridgehead atoms. The summed E-state index contributed by atoms with van der Waals surface area (Å²) in [4.78, 5) is 51.2. The fraction of sp³-hybridized carbons (Fsp3) is 0.120. The number of esters is 1. The van der Waals surface area contributed by atoms with Gasteiger partial charge in [-0.25, -0.2) is 9.18 Å². The quantitative estimate of drug-likeness (QED) is 0.312. The Hall–Kier alpha value is -4.33. The predicted octanol–water partition coefficient (Wildman–Crippen LogP) is 3.67. The Kier molecular flexibility index (Phi) is 5.99. The van der Waals surface area contributed by atoms with Crippen LogP contribution in [0, 0.1) is 5.82 Å². The summed E-state index contributed by atoms with van der Waals surface area (Å²) in [6.45, 7) is -0.505. The molecule has 0 atom stereocenters. The largest absolute Gasteiger partial charge is 0.494 e. The number of ketones is 1. The molecule has 0 fully saturated rings. The number of rotatable bonds is 7. The van der Waals surface area contributed by atoms with Crippen LogP contribution in [0.3, 0.4) is 0 Å². The van der Waals surface area contributed by atoms with Gasteiger partial charge in [-0.15, -0.1) is 0 Å². The summed E-state index contributed by atoms with van der Waals surface area (Å²) in [7, 11) is 1.30. The fourth-order valence-corrected chi connectivity index (χ4v) is 3.46. The Morgan fingerprint density at radius 3 is 2.27 bits per heavy atom. The van der Waals surface area contributed by atoms with Gasteiger partial charge in [-0.1, -0.05) is 30.3 Å². The van der Waals surface area contributed by atoms with E-state index in [1.54, 1.807) is 12.1 Å². The molecule has 1 aliphatic heterocycles. The number of nitrogens with zero attached hydrogens (tertiary/aromatic N) is 1. The number of carbonyl (C=O) groups excluding carboxylic acids is 4. The topological polar surface area (TPSA) is 90.0 Å². The first-order valence-electron chi connectivity index (χ1n) is 9.97. The third-order valence-electron chi connectivity index (χ3n) is 5.20. The van der Waals surface area contributed by atoms with Crippen molar-refractivity contribution in [3.63, 3.8) is 0 Å². The van der Waals surface area contributed by atoms with E-state index in [0.717, 1.165) is 16.5 Å². The van der Waals surface area contributed by atoms with Crippen LogP contribution in [0.5, 0.6) is 5.75 Å². The van der Waals surface area contributed by atoms with Crippen molar-refractivity contribution >= 4 is 23.6 Å². The van der Waals surface area contributed by atoms with E-state index in [1.165, 1.54) is 37.4 Å². The van der Waals surface area contributed by atoms with Crippen molar-refractivity contribution in [1.82, 2.24) is 4.90 Å². The number of fused-ring (bicyclic) bond motifs is 1. The van der Waals surface area contributed by atoms with E-state index in [9.17, 15) is 23.6 Å². The van der Waals surface area contributed by atoms with Crippen molar-refractivity contribution in [3.05, 3.63) is 100 Å². The van der Waals surface area contributed by atoms with Gasteiger partial charge >= 0.3 is 5.97 Å². The molecule has 0 aliphatic carbocycles. The Labute approximate surface area is 188 Å². The number of halogens is 1. The lowest BCUT2D eigenvalue weighted by atomic mass is 10.1. The van der Waals surface area contributed by atoms with Crippen LogP contribution in [-0.2, 0) is 11.3 Å². The zero-order valence-electron chi connectivity index (χ0n) is 17.5. The molecule has 1 heterocycles. The minimum absolute atomic E-state index is 0.0118. The second kappa shape index (κ2) is 9.04. The maximum absolute atomic E-state index is 13.8. The normalized spacial score (nSPS) is 12.5. The highest BCUT2D eigenvalue weighted by Crippen LogP contribution is 2.26. The highest BCUT2D eigenvalue weighted by atomic mass is 19.1. The third kappa shape index (κ3) is 4.36. The van der Waals surface area contributed by atoms with E-state index < -0.39 is 36.0 Å². The van der Waals surface area contributed by atoms with Crippen molar-refractivity contribution in [2.45, 2.75) is 6.54 Å². The molecule has 3 aromatic rings. The van der Waals surface area contributed by atoms with Gasteiger partial charge in [0.2, 0.25) is 0 Å². The zero-order valence-corrected chi connectivity index (χ0v) is 17.5. The molecule has 8 heteroatoms. The SMILES string of the molecule is COc1ccc(C(=O)COC(=O)c2ccc3c(c2)C(=O)N(Cc2ccccc2)C3=O)cc1F. The predicted molar refractivity (Wildman–Crippen MR) is 115 cm³/mol. The lowest BCUT2D eigenvalue weighted by molar-refractivity contribution is 0.0474. The number of amides is 2. The Morgan fingerprint density at radius 2 is 1.58 bits per heavy atom. The summed E-state index contributed by atoms with van der Waals surface area (Å²) >= 11 is 0. The Morgan fingerprint density at radius 1 is 0.879 bits per heavy atom. The molecular weight excluding hydrogens is 429 g/mol. The van der Waals surface area contributed by atoms with Gasteiger partial charge in [-0.2, -0.15) is 0 Å². The van der Waals surface area contributed by atoms with Crippen LogP contribution in [0.15, 0.2) is 66.7 Å². The van der Waals surface area contributed by atoms with E-state index in [0.29, 0.717) is 0 Å². The molecule has 0 unspecified atom stereocenters. The molecule has 0 N–H and O–H groups in total. The summed E-state index contributed by atoms with van der Waals surface area (Å²) in [5, 5.41) is 0. The number of hydrogen-bond donors (Lipinski definition) is 0. The van der Waals surface area contributed by atoms with E-state index in [1.807, 2.05) is 18.2 Å². The molecular formula is C25H18FNO6. The van der Waals surface area contributed by atoms with Crippen molar-refractivity contribution in [3.8, 4) is 5.75 Å². The maximum atomic E-state index is 13.8. The van der Waals surface area contributed by atoms with Gasteiger partial charge in [0.25, 0.3) is 11.8 Å². The number of carbonyl (C=O) groups is 4. The average molecular weight is 447 g/mol. The molecule has 2 amide bonds. The van der Waals surface area contributed by atoms with Crippen molar-refractivity contribution in [2.24, 2.45) is 0 Å². The summed E-state index contributed by atoms with van der Waals surface area (Å²) in [5.74, 6) is -3.14. The van der Waals surface area contributed by atoms with Crippen LogP contribution >= 0.6 is 0 Å². The number of Topliss-reactive ketones (excluding diaryl/α,β-unsaturated/α-hetero) is 1. The molecule has 0 aromatic heterocycles. The minimum Gasteiger partial charge on any atom is -0.494 e. The molecule has 0 saturated heterocycles. The second-order valence-corrected chi connectivity index (χ2v) is 7.29. The Bertz CT molecular complexity index is 1270. The van der Waals surface area contributed by atoms with E-state index >= 15 is 0 Å². The molecule has 166 valence electrons. The van der Waals surface area contributed by atoms with E-state index in [2.05, 4.69) is 0 Å². The van der Waals surface area contributed by atoms with E-state index in [-0.39, 0.29) is 34.5 Å². The van der Waals surface area contributed by atoms with Gasteiger partial charge in [0.05, 0.1) is 30.3 Å². The van der Waals surface area contributed by atoms with Gasteiger partial charge < -0.3 is 9.47 Å². The first-order valence-corrected chi connectivity index (χ1v) is 9.97. The first-order chi connectivity index (χ1) is 15.9. The lowest BCUT2D eigenvalue weighted by Gasteiger charge is -2.13. The molecule has 33 heavy (non-hydrogen) atoms. The molecule has 0 radical (unpaired) electrons. The van der Waals surface area contributed by atoms with Gasteiger partial charge in [0, 0.05) is 5.56 Å². The molecule has 7 nitrogen and oxygen atoms in total. The molecule has 0 saturated carbocycles. The van der Waals surface area contributed by atoms with Crippen molar-refractivity contribution < 1.29 is 33.0 Å². The van der Waals surface area contributed by atoms with Gasteiger partial charge in [-0.3, -0.25) is 19.3 Å². The lowest BCUT2D eigenvalue weighted by Crippen LogP contribution is -2.29. The number of ether oxygens (including phenoxy) is 2. The van der Waals surface area contributed by atoms with Crippen molar-refractivity contribution in [1.29, 1.82) is 0 Å². The maximum Gasteiger partial charge on any atom is 0.338 e. The zero-order chi connectivity index (χ0) is 23.5. The fourth-order valence-electron chi connectivity index (χ4n) is 3.46. The van der Waals surface area contributed by atoms with Crippen LogP contribution in [-0.4, -0.2) is 42.2 Å². The Balaban J connectivity index is 1.44. The van der Waals surface area contributed by atoms with Gasteiger partial charge in [-0.05, 0) is 42.0 Å². The number of methoxy groups -OCH3 is 1. The summed E-state index contributed by atoms with van der Waals surface area (Å²) in [6, 6.07) is 16.7. The summed E-state index contributed by atoms with van der Waals surface area (Å²) < 4.78 is 23.6. The molecule has 3 aromatic carbocycles. The van der Waals surface area contributed by atoms with Crippen molar-refractivity contribution in [2.75, 3.05) is 13.7 Å². The minimum atomic E-state index is -0.845. The smallest absolute Gasteiger partial charge is 0.338 e. The molecule has 1 aliphatic rings. The van der Waals surface area contributed by atoms with Crippen LogP contribution in [0.1, 0.15) is 47.0 Å². The van der Waals surface area contributed by atoms with Crippen LogP contribution in [0.4, 0.5) is 4.39 Å². The standard InChI is InChI=1S/C25H18FNO6/c1-32-22-10-8-16(12-20(22)26)21(28)14-33-25(31)17-7-9-18-19(11-17)24(30)27(23(18)29)13-15-5-3-2-4-6-15/h2-12H,13-14H2,1H3. The first kappa shape index (κ1) is 21.9. The highest BCUT2D eigenvalue weighted by Gasteiger charge is 2.36. The summed E-state index contributed by atoms with van der Waals surface area (Å²) in [6.07, 6.45) is 0. The highest BCUT2D eigenvalue weighted by molar-refractivity contribution is 6.21.